The van der Waals surface area contributed by atoms with E-state index in [-0.39, 0.29) is 0 Å². The molecule has 0 spiro atoms. The Morgan fingerprint density at radius 3 is 2.68 bits per heavy atom. The summed E-state index contributed by atoms with van der Waals surface area (Å²) in [4.78, 5) is 4.18. The molecule has 4 rings (SSSR count). The van der Waals surface area contributed by atoms with E-state index >= 15 is 0 Å². The van der Waals surface area contributed by atoms with E-state index in [2.05, 4.69) is 46.5 Å². The van der Waals surface area contributed by atoms with Gasteiger partial charge in [0.05, 0.1) is 5.69 Å². The zero-order valence-corrected chi connectivity index (χ0v) is 12.2. The maximum Gasteiger partial charge on any atom is 0.187 e. The van der Waals surface area contributed by atoms with Gasteiger partial charge >= 0.3 is 0 Å². The number of tetrazole rings is 1. The van der Waals surface area contributed by atoms with Crippen LogP contribution in [0, 0.1) is 13.8 Å². The predicted octanol–water partition coefficient (Wildman–Crippen LogP) is 3.09. The molecular weight excluding hydrogens is 278 g/mol. The molecule has 0 saturated heterocycles. The number of aryl methyl sites for hydroxylation is 2. The van der Waals surface area contributed by atoms with Gasteiger partial charge in [0.25, 0.3) is 0 Å². The number of nitrogens with zero attached hydrogens (tertiary/aromatic N) is 5. The summed E-state index contributed by atoms with van der Waals surface area (Å²) >= 11 is 0. The summed E-state index contributed by atoms with van der Waals surface area (Å²) < 4.78 is 7.04. The van der Waals surface area contributed by atoms with E-state index in [1.54, 1.807) is 4.68 Å². The van der Waals surface area contributed by atoms with Crippen LogP contribution in [-0.4, -0.2) is 25.2 Å². The van der Waals surface area contributed by atoms with Gasteiger partial charge in [-0.25, -0.2) is 4.98 Å². The summed E-state index contributed by atoms with van der Waals surface area (Å²) in [6.45, 7) is 4.10. The number of oxazole rings is 1. The summed E-state index contributed by atoms with van der Waals surface area (Å²) in [5.41, 5.74) is 5.67. The molecule has 0 aliphatic heterocycles. The van der Waals surface area contributed by atoms with E-state index in [9.17, 15) is 0 Å². The fourth-order valence-corrected chi connectivity index (χ4v) is 2.65. The number of hydrogen-bond donors (Lipinski definition) is 0. The van der Waals surface area contributed by atoms with Crippen LogP contribution in [0.3, 0.4) is 0 Å². The molecule has 0 fully saturated rings. The third-order valence-corrected chi connectivity index (χ3v) is 3.71. The maximum atomic E-state index is 5.27. The van der Waals surface area contributed by atoms with Crippen molar-refractivity contribution in [1.29, 1.82) is 0 Å². The second-order valence-electron chi connectivity index (χ2n) is 5.19. The van der Waals surface area contributed by atoms with Crippen LogP contribution in [0.2, 0.25) is 0 Å². The molecule has 2 aromatic heterocycles. The van der Waals surface area contributed by atoms with Crippen molar-refractivity contribution in [3.05, 3.63) is 53.9 Å². The molecule has 0 aliphatic carbocycles. The predicted molar refractivity (Wildman–Crippen MR) is 81.6 cm³/mol. The van der Waals surface area contributed by atoms with E-state index in [1.807, 2.05) is 24.3 Å². The van der Waals surface area contributed by atoms with Gasteiger partial charge in [-0.05, 0) is 53.6 Å². The van der Waals surface area contributed by atoms with Crippen LogP contribution in [0.15, 0.2) is 47.2 Å². The van der Waals surface area contributed by atoms with Gasteiger partial charge in [-0.1, -0.05) is 18.2 Å². The van der Waals surface area contributed by atoms with Gasteiger partial charge in [0.1, 0.15) is 5.52 Å². The van der Waals surface area contributed by atoms with Crippen molar-refractivity contribution < 1.29 is 4.42 Å². The first-order valence-electron chi connectivity index (χ1n) is 6.92. The van der Waals surface area contributed by atoms with Crippen molar-refractivity contribution in [1.82, 2.24) is 25.2 Å². The van der Waals surface area contributed by atoms with Crippen LogP contribution < -0.4 is 0 Å². The fourth-order valence-electron chi connectivity index (χ4n) is 2.65. The van der Waals surface area contributed by atoms with E-state index in [0.717, 1.165) is 33.5 Å². The van der Waals surface area contributed by atoms with Gasteiger partial charge in [0.15, 0.2) is 17.8 Å². The van der Waals surface area contributed by atoms with Crippen molar-refractivity contribution in [3.8, 4) is 17.1 Å². The van der Waals surface area contributed by atoms with Crippen molar-refractivity contribution in [2.45, 2.75) is 13.8 Å². The van der Waals surface area contributed by atoms with Crippen molar-refractivity contribution in [2.75, 3.05) is 0 Å². The SMILES string of the molecule is Cc1cccc(C)c1-n1nnnc1-c1ccc2ocnc2c1. The van der Waals surface area contributed by atoms with Gasteiger partial charge in [-0.3, -0.25) is 0 Å². The average Bonchev–Trinajstić information content (AvgIpc) is 3.15. The zero-order valence-electron chi connectivity index (χ0n) is 12.2. The number of para-hydroxylation sites is 1. The topological polar surface area (TPSA) is 69.6 Å². The van der Waals surface area contributed by atoms with Gasteiger partial charge in [-0.15, -0.1) is 5.10 Å². The number of hydrogen-bond acceptors (Lipinski definition) is 5. The van der Waals surface area contributed by atoms with Crippen LogP contribution in [0.5, 0.6) is 0 Å². The van der Waals surface area contributed by atoms with E-state index in [1.165, 1.54) is 6.39 Å². The van der Waals surface area contributed by atoms with Gasteiger partial charge in [0, 0.05) is 5.56 Å². The first-order valence-corrected chi connectivity index (χ1v) is 6.92. The molecule has 0 aliphatic rings. The number of rotatable bonds is 2. The molecule has 22 heavy (non-hydrogen) atoms. The second kappa shape index (κ2) is 4.77. The lowest BCUT2D eigenvalue weighted by atomic mass is 10.1. The average molecular weight is 291 g/mol. The van der Waals surface area contributed by atoms with Gasteiger partial charge in [0.2, 0.25) is 0 Å². The summed E-state index contributed by atoms with van der Waals surface area (Å²) in [6.07, 6.45) is 1.43. The Hall–Kier alpha value is -3.02. The maximum absolute atomic E-state index is 5.27. The van der Waals surface area contributed by atoms with E-state index in [0.29, 0.717) is 5.82 Å². The highest BCUT2D eigenvalue weighted by Crippen LogP contribution is 2.26. The van der Waals surface area contributed by atoms with Crippen molar-refractivity contribution in [3.63, 3.8) is 0 Å². The molecule has 2 heterocycles. The Labute approximate surface area is 126 Å². The Morgan fingerprint density at radius 2 is 1.86 bits per heavy atom. The highest BCUT2D eigenvalue weighted by Gasteiger charge is 2.15. The van der Waals surface area contributed by atoms with Gasteiger partial charge < -0.3 is 4.42 Å². The summed E-state index contributed by atoms with van der Waals surface area (Å²) in [6, 6.07) is 11.9. The minimum Gasteiger partial charge on any atom is -0.443 e. The van der Waals surface area contributed by atoms with E-state index in [4.69, 9.17) is 4.42 Å². The molecular formula is C16H13N5O. The summed E-state index contributed by atoms with van der Waals surface area (Å²) in [7, 11) is 0. The number of benzene rings is 2. The third kappa shape index (κ3) is 1.88. The lowest BCUT2D eigenvalue weighted by molar-refractivity contribution is 0.602. The van der Waals surface area contributed by atoms with Crippen LogP contribution in [0.4, 0.5) is 0 Å². The van der Waals surface area contributed by atoms with Crippen LogP contribution in [0.25, 0.3) is 28.2 Å². The lowest BCUT2D eigenvalue weighted by Gasteiger charge is -2.10. The molecule has 0 amide bonds. The molecule has 0 N–H and O–H groups in total. The normalized spacial score (nSPS) is 11.2. The minimum atomic E-state index is 0.683. The Kier molecular flexibility index (Phi) is 2.75. The summed E-state index contributed by atoms with van der Waals surface area (Å²) in [5.74, 6) is 0.683. The van der Waals surface area contributed by atoms with Gasteiger partial charge in [-0.2, -0.15) is 4.68 Å². The zero-order chi connectivity index (χ0) is 15.1. The third-order valence-electron chi connectivity index (χ3n) is 3.71. The molecule has 2 aromatic carbocycles. The monoisotopic (exact) mass is 291 g/mol. The molecule has 108 valence electrons. The molecule has 0 atom stereocenters. The number of fused-ring (bicyclic) bond motifs is 1. The smallest absolute Gasteiger partial charge is 0.187 e. The molecule has 0 unspecified atom stereocenters. The minimum absolute atomic E-state index is 0.683. The van der Waals surface area contributed by atoms with Crippen molar-refractivity contribution in [2.24, 2.45) is 0 Å². The highest BCUT2D eigenvalue weighted by molar-refractivity contribution is 5.78. The highest BCUT2D eigenvalue weighted by atomic mass is 16.3. The fraction of sp³-hybridized carbons (Fsp3) is 0.125. The molecule has 6 nitrogen and oxygen atoms in total. The Morgan fingerprint density at radius 1 is 1.05 bits per heavy atom. The molecule has 0 bridgehead atoms. The quantitative estimate of drug-likeness (QED) is 0.567. The summed E-state index contributed by atoms with van der Waals surface area (Å²) in [5, 5.41) is 12.2. The Bertz CT molecular complexity index is 949. The molecule has 0 radical (unpaired) electrons. The van der Waals surface area contributed by atoms with E-state index < -0.39 is 0 Å². The van der Waals surface area contributed by atoms with Crippen LogP contribution in [0.1, 0.15) is 11.1 Å². The second-order valence-corrected chi connectivity index (χ2v) is 5.19. The molecule has 6 heteroatoms. The molecule has 4 aromatic rings. The van der Waals surface area contributed by atoms with Crippen LogP contribution in [-0.2, 0) is 0 Å². The first-order chi connectivity index (χ1) is 10.7. The molecule has 0 saturated carbocycles. The first kappa shape index (κ1) is 12.7. The number of aromatic nitrogens is 5. The van der Waals surface area contributed by atoms with Crippen LogP contribution >= 0.6 is 0 Å². The standard InChI is InChI=1S/C16H13N5O/c1-10-4-3-5-11(2)15(10)21-16(18-19-20-21)12-6-7-14-13(8-12)17-9-22-14/h3-9H,1-2H3. The Balaban J connectivity index is 1.93. The lowest BCUT2D eigenvalue weighted by Crippen LogP contribution is -2.04. The van der Waals surface area contributed by atoms with Crippen molar-refractivity contribution >= 4 is 11.1 Å². The largest absolute Gasteiger partial charge is 0.443 e.